The molecule has 7 heteroatoms. The second-order valence-electron chi connectivity index (χ2n) is 5.52. The lowest BCUT2D eigenvalue weighted by atomic mass is 10.0. The van der Waals surface area contributed by atoms with Crippen molar-refractivity contribution in [3.8, 4) is 11.5 Å². The summed E-state index contributed by atoms with van der Waals surface area (Å²) in [4.78, 5) is 0.178. The Balaban J connectivity index is 1.94. The summed E-state index contributed by atoms with van der Waals surface area (Å²) in [7, 11) is -0.562. The molecule has 6 nitrogen and oxygen atoms in total. The van der Waals surface area contributed by atoms with Gasteiger partial charge in [0.25, 0.3) is 0 Å². The topological polar surface area (TPSA) is 67.9 Å². The number of methoxy groups -OCH3 is 2. The smallest absolute Gasteiger partial charge is 0.246 e. The Labute approximate surface area is 125 Å². The minimum atomic E-state index is -3.56. The zero-order valence-corrected chi connectivity index (χ0v) is 13.0. The Bertz CT molecular complexity index is 620. The van der Waals surface area contributed by atoms with Crippen LogP contribution >= 0.6 is 0 Å². The highest BCUT2D eigenvalue weighted by Gasteiger charge is 2.42. The summed E-state index contributed by atoms with van der Waals surface area (Å²) >= 11 is 0. The largest absolute Gasteiger partial charge is 0.497 e. The van der Waals surface area contributed by atoms with E-state index in [2.05, 4.69) is 5.32 Å². The fourth-order valence-electron chi connectivity index (χ4n) is 3.13. The number of nitrogens with zero attached hydrogens (tertiary/aromatic N) is 1. The van der Waals surface area contributed by atoms with Crippen LogP contribution in [0.15, 0.2) is 23.1 Å². The lowest BCUT2D eigenvalue weighted by Gasteiger charge is -2.19. The maximum atomic E-state index is 12.9. The van der Waals surface area contributed by atoms with Gasteiger partial charge in [-0.25, -0.2) is 8.42 Å². The van der Waals surface area contributed by atoms with Crippen LogP contribution in [0, 0.1) is 11.8 Å². The summed E-state index contributed by atoms with van der Waals surface area (Å²) in [6.07, 6.45) is 0. The Morgan fingerprint density at radius 3 is 2.38 bits per heavy atom. The van der Waals surface area contributed by atoms with Gasteiger partial charge < -0.3 is 14.8 Å². The zero-order chi connectivity index (χ0) is 15.0. The van der Waals surface area contributed by atoms with Crippen LogP contribution in [0.25, 0.3) is 0 Å². The molecule has 0 spiro atoms. The van der Waals surface area contributed by atoms with Gasteiger partial charge in [0.05, 0.1) is 14.2 Å². The molecule has 0 saturated carbocycles. The van der Waals surface area contributed by atoms with Crippen molar-refractivity contribution in [2.45, 2.75) is 4.90 Å². The van der Waals surface area contributed by atoms with Crippen LogP contribution in [0.2, 0.25) is 0 Å². The van der Waals surface area contributed by atoms with E-state index in [1.807, 2.05) is 0 Å². The molecule has 116 valence electrons. The van der Waals surface area contributed by atoms with E-state index in [1.54, 1.807) is 16.4 Å². The van der Waals surface area contributed by atoms with Gasteiger partial charge in [-0.3, -0.25) is 0 Å². The van der Waals surface area contributed by atoms with Gasteiger partial charge in [-0.15, -0.1) is 0 Å². The predicted octanol–water partition coefficient (Wildman–Crippen LogP) is 0.544. The molecule has 2 aliphatic rings. The molecular formula is C14H20N2O4S. The Morgan fingerprint density at radius 1 is 1.14 bits per heavy atom. The Hall–Kier alpha value is -1.31. The van der Waals surface area contributed by atoms with E-state index in [4.69, 9.17) is 9.47 Å². The van der Waals surface area contributed by atoms with Gasteiger partial charge in [0.2, 0.25) is 10.0 Å². The third-order valence-electron chi connectivity index (χ3n) is 4.34. The fraction of sp³-hybridized carbons (Fsp3) is 0.571. The number of benzene rings is 1. The fourth-order valence-corrected chi connectivity index (χ4v) is 4.86. The Kier molecular flexibility index (Phi) is 3.81. The summed E-state index contributed by atoms with van der Waals surface area (Å²) in [5, 5.41) is 3.31. The molecule has 0 radical (unpaired) electrons. The van der Waals surface area contributed by atoms with Gasteiger partial charge >= 0.3 is 0 Å². The highest BCUT2D eigenvalue weighted by Crippen LogP contribution is 2.35. The van der Waals surface area contributed by atoms with Crippen molar-refractivity contribution < 1.29 is 17.9 Å². The summed E-state index contributed by atoms with van der Waals surface area (Å²) in [5.74, 6) is 1.69. The number of hydrogen-bond donors (Lipinski definition) is 1. The molecule has 2 saturated heterocycles. The third-order valence-corrected chi connectivity index (χ3v) is 6.20. The van der Waals surface area contributed by atoms with Crippen molar-refractivity contribution >= 4 is 10.0 Å². The lowest BCUT2D eigenvalue weighted by molar-refractivity contribution is 0.387. The standard InChI is InChI=1S/C14H20N2O4S/c1-19-12-3-4-13(20-2)14(5-12)21(17,18)16-8-10-6-15-7-11(10)9-16/h3-5,10-11,15H,6-9H2,1-2H3/t10-,11+. The molecule has 2 heterocycles. The molecule has 2 fully saturated rings. The predicted molar refractivity (Wildman–Crippen MR) is 78.2 cm³/mol. The summed E-state index contributed by atoms with van der Waals surface area (Å²) in [6, 6.07) is 4.85. The van der Waals surface area contributed by atoms with Gasteiger partial charge in [0.1, 0.15) is 16.4 Å². The van der Waals surface area contributed by atoms with Crippen LogP contribution in [0.3, 0.4) is 0 Å². The maximum absolute atomic E-state index is 12.9. The SMILES string of the molecule is COc1ccc(OC)c(S(=O)(=O)N2C[C@H]3CNC[C@H]3C2)c1. The number of fused-ring (bicyclic) bond motifs is 1. The average Bonchev–Trinajstić information content (AvgIpc) is 3.08. The second-order valence-corrected chi connectivity index (χ2v) is 7.42. The number of sulfonamides is 1. The maximum Gasteiger partial charge on any atom is 0.246 e. The van der Waals surface area contributed by atoms with E-state index in [9.17, 15) is 8.42 Å². The molecule has 0 aliphatic carbocycles. The first-order valence-electron chi connectivity index (χ1n) is 6.99. The highest BCUT2D eigenvalue weighted by molar-refractivity contribution is 7.89. The number of nitrogens with one attached hydrogen (secondary N) is 1. The van der Waals surface area contributed by atoms with Crippen molar-refractivity contribution in [2.24, 2.45) is 11.8 Å². The molecule has 2 aliphatic heterocycles. The molecular weight excluding hydrogens is 292 g/mol. The second kappa shape index (κ2) is 5.47. The summed E-state index contributed by atoms with van der Waals surface area (Å²) in [5.41, 5.74) is 0. The van der Waals surface area contributed by atoms with Crippen molar-refractivity contribution in [3.63, 3.8) is 0 Å². The monoisotopic (exact) mass is 312 g/mol. The van der Waals surface area contributed by atoms with Gasteiger partial charge in [0, 0.05) is 19.2 Å². The van der Waals surface area contributed by atoms with Crippen molar-refractivity contribution in [1.82, 2.24) is 9.62 Å². The van der Waals surface area contributed by atoms with E-state index < -0.39 is 10.0 Å². The molecule has 2 atom stereocenters. The van der Waals surface area contributed by atoms with Gasteiger partial charge in [0.15, 0.2) is 0 Å². The van der Waals surface area contributed by atoms with E-state index in [0.29, 0.717) is 36.4 Å². The molecule has 0 unspecified atom stereocenters. The zero-order valence-electron chi connectivity index (χ0n) is 12.2. The van der Waals surface area contributed by atoms with Crippen LogP contribution in [0.5, 0.6) is 11.5 Å². The molecule has 0 aromatic heterocycles. The number of hydrogen-bond acceptors (Lipinski definition) is 5. The third kappa shape index (κ3) is 2.49. The molecule has 3 rings (SSSR count). The van der Waals surface area contributed by atoms with Crippen molar-refractivity contribution in [1.29, 1.82) is 0 Å². The number of ether oxygens (including phenoxy) is 2. The molecule has 1 aromatic carbocycles. The molecule has 21 heavy (non-hydrogen) atoms. The molecule has 0 bridgehead atoms. The minimum Gasteiger partial charge on any atom is -0.497 e. The van der Waals surface area contributed by atoms with E-state index in [-0.39, 0.29) is 4.90 Å². The summed E-state index contributed by atoms with van der Waals surface area (Å²) in [6.45, 7) is 2.93. The van der Waals surface area contributed by atoms with Crippen LogP contribution in [0.4, 0.5) is 0 Å². The average molecular weight is 312 g/mol. The molecule has 0 amide bonds. The normalized spacial score (nSPS) is 25.8. The van der Waals surface area contributed by atoms with Crippen molar-refractivity contribution in [3.05, 3.63) is 18.2 Å². The number of rotatable bonds is 4. The minimum absolute atomic E-state index is 0.178. The lowest BCUT2D eigenvalue weighted by Crippen LogP contribution is -2.32. The molecule has 1 aromatic rings. The van der Waals surface area contributed by atoms with Crippen LogP contribution in [-0.2, 0) is 10.0 Å². The van der Waals surface area contributed by atoms with Crippen LogP contribution < -0.4 is 14.8 Å². The van der Waals surface area contributed by atoms with Crippen LogP contribution in [-0.4, -0.2) is 53.1 Å². The molecule has 1 N–H and O–H groups in total. The van der Waals surface area contributed by atoms with E-state index >= 15 is 0 Å². The first-order chi connectivity index (χ1) is 10.1. The Morgan fingerprint density at radius 2 is 1.81 bits per heavy atom. The van der Waals surface area contributed by atoms with Gasteiger partial charge in [-0.2, -0.15) is 4.31 Å². The summed E-state index contributed by atoms with van der Waals surface area (Å²) < 4.78 is 37.7. The highest BCUT2D eigenvalue weighted by atomic mass is 32.2. The van der Waals surface area contributed by atoms with Crippen LogP contribution in [0.1, 0.15) is 0 Å². The first kappa shape index (κ1) is 14.6. The van der Waals surface area contributed by atoms with Crippen molar-refractivity contribution in [2.75, 3.05) is 40.4 Å². The van der Waals surface area contributed by atoms with E-state index in [0.717, 1.165) is 13.1 Å². The van der Waals surface area contributed by atoms with E-state index in [1.165, 1.54) is 20.3 Å². The first-order valence-corrected chi connectivity index (χ1v) is 8.43. The quantitative estimate of drug-likeness (QED) is 0.879. The van der Waals surface area contributed by atoms with Gasteiger partial charge in [-0.1, -0.05) is 0 Å². The van der Waals surface area contributed by atoms with Gasteiger partial charge in [-0.05, 0) is 37.1 Å².